The van der Waals surface area contributed by atoms with E-state index in [9.17, 15) is 24.9 Å². The van der Waals surface area contributed by atoms with Crippen molar-refractivity contribution in [2.75, 3.05) is 0 Å². The summed E-state index contributed by atoms with van der Waals surface area (Å²) in [6.07, 6.45) is 0.251. The highest BCUT2D eigenvalue weighted by Gasteiger charge is 2.24. The van der Waals surface area contributed by atoms with Crippen LogP contribution in [0.15, 0.2) is 12.1 Å². The van der Waals surface area contributed by atoms with E-state index in [0.29, 0.717) is 19.3 Å². The molecule has 2 unspecified atom stereocenters. The lowest BCUT2D eigenvalue weighted by atomic mass is 9.94. The second kappa shape index (κ2) is 6.79. The molecule has 0 amide bonds. The molecular weight excluding hydrogens is 288 g/mol. The van der Waals surface area contributed by atoms with Crippen LogP contribution < -0.4 is 0 Å². The molecule has 0 saturated heterocycles. The molecule has 1 aliphatic heterocycles. The van der Waals surface area contributed by atoms with Crippen LogP contribution >= 0.6 is 0 Å². The van der Waals surface area contributed by atoms with Gasteiger partial charge in [0.25, 0.3) is 0 Å². The summed E-state index contributed by atoms with van der Waals surface area (Å²) >= 11 is 0. The van der Waals surface area contributed by atoms with Crippen LogP contribution in [-0.2, 0) is 16.0 Å². The molecule has 0 radical (unpaired) electrons. The second-order valence-electron chi connectivity index (χ2n) is 5.69. The maximum absolute atomic E-state index is 12.2. The van der Waals surface area contributed by atoms with Crippen LogP contribution in [0.1, 0.15) is 48.5 Å². The van der Waals surface area contributed by atoms with Crippen molar-refractivity contribution < 1.29 is 29.6 Å². The summed E-state index contributed by atoms with van der Waals surface area (Å²) in [6, 6.07) is 2.38. The largest absolute Gasteiger partial charge is 0.508 e. The Kier molecular flexibility index (Phi) is 5.03. The first-order valence-corrected chi connectivity index (χ1v) is 7.32. The van der Waals surface area contributed by atoms with Crippen LogP contribution in [-0.4, -0.2) is 39.3 Å². The first-order chi connectivity index (χ1) is 10.4. The Morgan fingerprint density at radius 3 is 2.73 bits per heavy atom. The van der Waals surface area contributed by atoms with Gasteiger partial charge in [-0.25, -0.2) is 0 Å². The van der Waals surface area contributed by atoms with Gasteiger partial charge < -0.3 is 20.1 Å². The van der Waals surface area contributed by atoms with Gasteiger partial charge in [-0.2, -0.15) is 0 Å². The quantitative estimate of drug-likeness (QED) is 0.718. The van der Waals surface area contributed by atoms with Crippen molar-refractivity contribution in [1.82, 2.24) is 0 Å². The summed E-state index contributed by atoms with van der Waals surface area (Å²) in [5.41, 5.74) is 0.328. The predicted octanol–water partition coefficient (Wildman–Crippen LogP) is 1.69. The number of rotatable bonds is 2. The Bertz CT molecular complexity index is 578. The van der Waals surface area contributed by atoms with Crippen molar-refractivity contribution >= 4 is 11.8 Å². The van der Waals surface area contributed by atoms with Gasteiger partial charge in [-0.15, -0.1) is 0 Å². The summed E-state index contributed by atoms with van der Waals surface area (Å²) in [7, 11) is 0. The molecule has 6 heteroatoms. The fraction of sp³-hybridized carbons (Fsp3) is 0.500. The minimum absolute atomic E-state index is 0.0729. The highest BCUT2D eigenvalue weighted by atomic mass is 16.5. The van der Waals surface area contributed by atoms with Crippen molar-refractivity contribution in [2.24, 2.45) is 0 Å². The number of carbonyl (C=O) groups excluding carboxylic acids is 2. The number of aliphatic hydroxyl groups excluding tert-OH is 1. The second-order valence-corrected chi connectivity index (χ2v) is 5.69. The third-order valence-corrected chi connectivity index (χ3v) is 3.63. The van der Waals surface area contributed by atoms with E-state index in [4.69, 9.17) is 4.74 Å². The molecule has 2 atom stereocenters. The number of ether oxygens (including phenoxy) is 1. The van der Waals surface area contributed by atoms with Gasteiger partial charge in [0.15, 0.2) is 5.78 Å². The van der Waals surface area contributed by atoms with E-state index in [2.05, 4.69) is 0 Å². The van der Waals surface area contributed by atoms with Crippen molar-refractivity contribution in [1.29, 1.82) is 0 Å². The van der Waals surface area contributed by atoms with Crippen LogP contribution in [0.4, 0.5) is 0 Å². The van der Waals surface area contributed by atoms with Crippen LogP contribution in [0.5, 0.6) is 11.5 Å². The van der Waals surface area contributed by atoms with E-state index < -0.39 is 18.2 Å². The van der Waals surface area contributed by atoms with Gasteiger partial charge in [-0.05, 0) is 31.4 Å². The smallest absolute Gasteiger partial charge is 0.310 e. The summed E-state index contributed by atoms with van der Waals surface area (Å²) in [6.45, 7) is 1.61. The van der Waals surface area contributed by atoms with Crippen LogP contribution in [0, 0.1) is 0 Å². The Balaban J connectivity index is 2.30. The standard InChI is InChI=1S/C16H20O6/c1-9(17)5-12-3-2-4-13(19)16-10(7-15(21)22-12)6-11(18)8-14(16)20/h6,8-9,12,17-18,20H,2-5,7H2,1H3. The van der Waals surface area contributed by atoms with E-state index in [1.54, 1.807) is 6.92 Å². The van der Waals surface area contributed by atoms with E-state index in [1.807, 2.05) is 0 Å². The lowest BCUT2D eigenvalue weighted by Crippen LogP contribution is -2.25. The number of carbonyl (C=O) groups is 2. The molecule has 6 nitrogen and oxygen atoms in total. The number of esters is 1. The average Bonchev–Trinajstić information content (AvgIpc) is 2.35. The van der Waals surface area contributed by atoms with Crippen molar-refractivity contribution in [3.05, 3.63) is 23.3 Å². The van der Waals surface area contributed by atoms with Crippen LogP contribution in [0.2, 0.25) is 0 Å². The first-order valence-electron chi connectivity index (χ1n) is 7.32. The van der Waals surface area contributed by atoms with E-state index in [-0.39, 0.29) is 41.3 Å². The molecule has 0 bridgehead atoms. The van der Waals surface area contributed by atoms with Crippen molar-refractivity contribution in [3.8, 4) is 11.5 Å². The zero-order valence-electron chi connectivity index (χ0n) is 12.4. The molecule has 0 aromatic heterocycles. The fourth-order valence-corrected chi connectivity index (χ4v) is 2.73. The molecule has 1 aromatic carbocycles. The Morgan fingerprint density at radius 2 is 2.05 bits per heavy atom. The Hall–Kier alpha value is -2.08. The van der Waals surface area contributed by atoms with Crippen molar-refractivity contribution in [3.63, 3.8) is 0 Å². The van der Waals surface area contributed by atoms with Gasteiger partial charge in [0, 0.05) is 18.9 Å². The average molecular weight is 308 g/mol. The predicted molar refractivity (Wildman–Crippen MR) is 77.8 cm³/mol. The third-order valence-electron chi connectivity index (χ3n) is 3.63. The van der Waals surface area contributed by atoms with Crippen molar-refractivity contribution in [2.45, 2.75) is 51.2 Å². The van der Waals surface area contributed by atoms with Gasteiger partial charge in [-0.1, -0.05) is 0 Å². The minimum Gasteiger partial charge on any atom is -0.508 e. The molecule has 2 rings (SSSR count). The highest BCUT2D eigenvalue weighted by Crippen LogP contribution is 2.30. The maximum atomic E-state index is 12.2. The van der Waals surface area contributed by atoms with E-state index in [0.717, 1.165) is 6.07 Å². The monoisotopic (exact) mass is 308 g/mol. The topological polar surface area (TPSA) is 104 Å². The zero-order valence-corrected chi connectivity index (χ0v) is 12.4. The molecule has 0 saturated carbocycles. The number of phenolic OH excluding ortho intramolecular Hbond substituents is 2. The minimum atomic E-state index is -0.600. The summed E-state index contributed by atoms with van der Waals surface area (Å²) in [4.78, 5) is 24.3. The van der Waals surface area contributed by atoms with Gasteiger partial charge in [0.2, 0.25) is 0 Å². The SMILES string of the molecule is CC(O)CC1CCCC(=O)c2c(O)cc(O)cc2CC(=O)O1. The normalized spacial score (nSPS) is 20.9. The summed E-state index contributed by atoms with van der Waals surface area (Å²) in [5, 5.41) is 28.9. The number of fused-ring (bicyclic) bond motifs is 1. The maximum Gasteiger partial charge on any atom is 0.310 e. The number of phenols is 2. The van der Waals surface area contributed by atoms with Gasteiger partial charge in [0.05, 0.1) is 18.1 Å². The number of aromatic hydroxyl groups is 2. The lowest BCUT2D eigenvalue weighted by molar-refractivity contribution is -0.149. The molecule has 0 spiro atoms. The molecule has 1 aliphatic rings. The third kappa shape index (κ3) is 3.98. The van der Waals surface area contributed by atoms with Crippen LogP contribution in [0.25, 0.3) is 0 Å². The number of Topliss-reactive ketones (excluding diaryl/α,β-unsaturated/α-hetero) is 1. The number of benzene rings is 1. The summed E-state index contributed by atoms with van der Waals surface area (Å²) in [5.74, 6) is -1.35. The van der Waals surface area contributed by atoms with Gasteiger partial charge in [-0.3, -0.25) is 9.59 Å². The molecule has 1 aromatic rings. The summed E-state index contributed by atoms with van der Waals surface area (Å²) < 4.78 is 5.34. The molecule has 120 valence electrons. The molecule has 3 N–H and O–H groups in total. The van der Waals surface area contributed by atoms with Crippen LogP contribution in [0.3, 0.4) is 0 Å². The van der Waals surface area contributed by atoms with E-state index in [1.165, 1.54) is 6.07 Å². The lowest BCUT2D eigenvalue weighted by Gasteiger charge is -2.21. The number of hydrogen-bond acceptors (Lipinski definition) is 6. The first kappa shape index (κ1) is 16.3. The molecule has 1 heterocycles. The van der Waals surface area contributed by atoms with E-state index >= 15 is 0 Å². The number of cyclic esters (lactones) is 1. The fourth-order valence-electron chi connectivity index (χ4n) is 2.73. The molecule has 0 aliphatic carbocycles. The molecular formula is C16H20O6. The Labute approximate surface area is 128 Å². The molecule has 0 fully saturated rings. The van der Waals surface area contributed by atoms with Gasteiger partial charge >= 0.3 is 5.97 Å². The Morgan fingerprint density at radius 1 is 1.32 bits per heavy atom. The molecule has 22 heavy (non-hydrogen) atoms. The number of aliphatic hydroxyl groups is 1. The van der Waals surface area contributed by atoms with Gasteiger partial charge in [0.1, 0.15) is 17.6 Å². The number of hydrogen-bond donors (Lipinski definition) is 3. The number of ketones is 1. The zero-order chi connectivity index (χ0) is 16.3. The highest BCUT2D eigenvalue weighted by molar-refractivity contribution is 6.01.